The molecule has 0 bridgehead atoms. The van der Waals surface area contributed by atoms with Crippen LogP contribution in [0.3, 0.4) is 0 Å². The summed E-state index contributed by atoms with van der Waals surface area (Å²) in [4.78, 5) is 0. The van der Waals surface area contributed by atoms with Crippen LogP contribution in [0.15, 0.2) is 0 Å². The minimum Gasteiger partial charge on any atom is -0.386 e. The second kappa shape index (κ2) is 6.98. The average Bonchev–Trinajstić information content (AvgIpc) is 1.69. The van der Waals surface area contributed by atoms with Crippen LogP contribution < -0.4 is 5.73 Å². The molecule has 0 radical (unpaired) electrons. The van der Waals surface area contributed by atoms with Gasteiger partial charge < -0.3 is 5.73 Å². The Labute approximate surface area is 77.9 Å². The van der Waals surface area contributed by atoms with Crippen LogP contribution in [0.25, 0.3) is 0 Å². The van der Waals surface area contributed by atoms with Crippen molar-refractivity contribution >= 4 is 27.4 Å². The summed E-state index contributed by atoms with van der Waals surface area (Å²) < 4.78 is 0.727. The van der Waals surface area contributed by atoms with Gasteiger partial charge in [0.2, 0.25) is 0 Å². The number of thiocarbonyl (C=S) groups is 1. The van der Waals surface area contributed by atoms with Crippen LogP contribution in [0.4, 0.5) is 0 Å². The standard InChI is InChI=1S/C5H13NS2.Ru/c1-3-8(4-2)5(6)7;/h8H,3-4H2,1-2H3,(H2,6,7);. The Bertz CT molecular complexity index is 83.0. The maximum atomic E-state index is 5.42. The molecule has 0 amide bonds. The fourth-order valence-electron chi connectivity index (χ4n) is 0.535. The van der Waals surface area contributed by atoms with Gasteiger partial charge in [-0.3, -0.25) is 0 Å². The molecule has 58 valence electrons. The summed E-state index contributed by atoms with van der Waals surface area (Å²) in [5, 5.41) is 0. The molecular formula is C5H13NRuS2. The molecule has 0 aliphatic carbocycles. The Hall–Kier alpha value is 0.863. The third-order valence-corrected chi connectivity index (χ3v) is 4.00. The number of rotatable bonds is 2. The van der Waals surface area contributed by atoms with Gasteiger partial charge in [0.25, 0.3) is 0 Å². The third kappa shape index (κ3) is 5.31. The zero-order valence-corrected chi connectivity index (χ0v) is 9.15. The van der Waals surface area contributed by atoms with Crippen LogP contribution in [0.1, 0.15) is 13.8 Å². The van der Waals surface area contributed by atoms with Gasteiger partial charge in [-0.1, -0.05) is 26.1 Å². The molecule has 1 nitrogen and oxygen atoms in total. The van der Waals surface area contributed by atoms with E-state index in [0.29, 0.717) is 0 Å². The molecule has 0 atom stereocenters. The van der Waals surface area contributed by atoms with E-state index in [1.54, 1.807) is 0 Å². The summed E-state index contributed by atoms with van der Waals surface area (Å²) in [6, 6.07) is 0. The molecule has 0 aliphatic heterocycles. The molecule has 0 aromatic carbocycles. The van der Waals surface area contributed by atoms with E-state index < -0.39 is 0 Å². The first-order valence-corrected chi connectivity index (χ1v) is 4.88. The normalized spacial score (nSPS) is 9.78. The van der Waals surface area contributed by atoms with Crippen LogP contribution in [0.2, 0.25) is 0 Å². The fraction of sp³-hybridized carbons (Fsp3) is 0.800. The Morgan fingerprint density at radius 2 is 1.78 bits per heavy atom. The molecule has 0 unspecified atom stereocenters. The van der Waals surface area contributed by atoms with E-state index in [-0.39, 0.29) is 30.4 Å². The van der Waals surface area contributed by atoms with E-state index >= 15 is 0 Å². The SMILES string of the molecule is CC[SH](CC)C(N)=S.[Ru]. The first-order chi connectivity index (χ1) is 3.72. The smallest absolute Gasteiger partial charge is 0.111 e. The predicted molar refractivity (Wildman–Crippen MR) is 46.9 cm³/mol. The van der Waals surface area contributed by atoms with Gasteiger partial charge in [0.1, 0.15) is 4.32 Å². The van der Waals surface area contributed by atoms with Gasteiger partial charge in [-0.15, -0.1) is 0 Å². The molecule has 0 fully saturated rings. The zero-order valence-electron chi connectivity index (χ0n) is 5.70. The van der Waals surface area contributed by atoms with E-state index in [2.05, 4.69) is 13.8 Å². The van der Waals surface area contributed by atoms with Crippen molar-refractivity contribution in [3.8, 4) is 0 Å². The second-order valence-corrected chi connectivity index (χ2v) is 5.08. The topological polar surface area (TPSA) is 26.0 Å². The van der Waals surface area contributed by atoms with Crippen molar-refractivity contribution in [3.05, 3.63) is 0 Å². The van der Waals surface area contributed by atoms with Crippen molar-refractivity contribution in [3.63, 3.8) is 0 Å². The summed E-state index contributed by atoms with van der Waals surface area (Å²) in [5.41, 5.74) is 5.42. The molecule has 0 aromatic heterocycles. The Morgan fingerprint density at radius 3 is 1.78 bits per heavy atom. The van der Waals surface area contributed by atoms with E-state index in [1.165, 1.54) is 0 Å². The molecule has 0 saturated heterocycles. The quantitative estimate of drug-likeness (QED) is 0.440. The van der Waals surface area contributed by atoms with E-state index in [9.17, 15) is 0 Å². The van der Waals surface area contributed by atoms with Gasteiger partial charge in [0.05, 0.1) is 0 Å². The van der Waals surface area contributed by atoms with Gasteiger partial charge >= 0.3 is 0 Å². The minimum absolute atomic E-state index is 0. The van der Waals surface area contributed by atoms with Crippen molar-refractivity contribution in [1.29, 1.82) is 0 Å². The molecule has 2 N–H and O–H groups in total. The van der Waals surface area contributed by atoms with Gasteiger partial charge in [0, 0.05) is 19.5 Å². The van der Waals surface area contributed by atoms with E-state index in [0.717, 1.165) is 15.8 Å². The van der Waals surface area contributed by atoms with E-state index in [1.807, 2.05) is 0 Å². The van der Waals surface area contributed by atoms with Crippen molar-refractivity contribution in [2.45, 2.75) is 13.8 Å². The number of hydrogen-bond acceptors (Lipinski definition) is 1. The maximum absolute atomic E-state index is 5.42. The molecule has 4 heteroatoms. The Balaban J connectivity index is 0. The van der Waals surface area contributed by atoms with Crippen molar-refractivity contribution in [2.24, 2.45) is 5.73 Å². The first-order valence-electron chi connectivity index (χ1n) is 2.76. The molecular weight excluding hydrogens is 239 g/mol. The zero-order chi connectivity index (χ0) is 6.57. The summed E-state index contributed by atoms with van der Waals surface area (Å²) in [7, 11) is -0.106. The predicted octanol–water partition coefficient (Wildman–Crippen LogP) is 1.27. The van der Waals surface area contributed by atoms with Gasteiger partial charge in [-0.25, -0.2) is 10.9 Å². The van der Waals surface area contributed by atoms with Gasteiger partial charge in [-0.05, 0) is 11.5 Å². The summed E-state index contributed by atoms with van der Waals surface area (Å²) in [6.45, 7) is 4.27. The van der Waals surface area contributed by atoms with Crippen LogP contribution in [-0.2, 0) is 19.5 Å². The molecule has 0 aromatic rings. The maximum Gasteiger partial charge on any atom is 0.111 e. The van der Waals surface area contributed by atoms with Crippen molar-refractivity contribution < 1.29 is 19.5 Å². The van der Waals surface area contributed by atoms with Crippen molar-refractivity contribution in [2.75, 3.05) is 11.5 Å². The van der Waals surface area contributed by atoms with Crippen molar-refractivity contribution in [1.82, 2.24) is 0 Å². The van der Waals surface area contributed by atoms with Crippen LogP contribution >= 0.6 is 23.1 Å². The minimum atomic E-state index is -0.106. The molecule has 0 saturated carbocycles. The summed E-state index contributed by atoms with van der Waals surface area (Å²) >= 11 is 4.82. The first kappa shape index (κ1) is 12.5. The van der Waals surface area contributed by atoms with E-state index in [4.69, 9.17) is 18.0 Å². The Kier molecular flexibility index (Phi) is 9.71. The van der Waals surface area contributed by atoms with Crippen LogP contribution in [0, 0.1) is 0 Å². The Morgan fingerprint density at radius 1 is 1.44 bits per heavy atom. The number of hydrogen-bond donors (Lipinski definition) is 2. The third-order valence-electron chi connectivity index (χ3n) is 1.08. The molecule has 9 heavy (non-hydrogen) atoms. The monoisotopic (exact) mass is 253 g/mol. The van der Waals surface area contributed by atoms with Gasteiger partial charge in [0.15, 0.2) is 0 Å². The molecule has 0 aliphatic rings. The number of thiol groups is 1. The largest absolute Gasteiger partial charge is 0.386 e. The molecule has 0 rings (SSSR count). The fourth-order valence-corrected chi connectivity index (χ4v) is 2.38. The summed E-state index contributed by atoms with van der Waals surface area (Å²) in [6.07, 6.45) is 0. The summed E-state index contributed by atoms with van der Waals surface area (Å²) in [5.74, 6) is 2.28. The molecule has 0 spiro atoms. The number of nitrogens with two attached hydrogens (primary N) is 1. The average molecular weight is 252 g/mol. The second-order valence-electron chi connectivity index (χ2n) is 1.51. The van der Waals surface area contributed by atoms with Gasteiger partial charge in [-0.2, -0.15) is 0 Å². The van der Waals surface area contributed by atoms with Crippen LogP contribution in [-0.4, -0.2) is 15.8 Å². The molecule has 0 heterocycles. The van der Waals surface area contributed by atoms with Crippen LogP contribution in [0.5, 0.6) is 0 Å².